The van der Waals surface area contributed by atoms with E-state index >= 15 is 0 Å². The molecule has 0 atom stereocenters. The second kappa shape index (κ2) is 4.94. The zero-order valence-electron chi connectivity index (χ0n) is 10.7. The van der Waals surface area contributed by atoms with E-state index < -0.39 is 5.82 Å². The van der Waals surface area contributed by atoms with Gasteiger partial charge in [-0.15, -0.1) is 0 Å². The third-order valence-electron chi connectivity index (χ3n) is 3.42. The van der Waals surface area contributed by atoms with E-state index in [9.17, 15) is 9.18 Å². The molecule has 2 N–H and O–H groups in total. The van der Waals surface area contributed by atoms with Crippen LogP contribution in [0.5, 0.6) is 0 Å². The highest BCUT2D eigenvalue weighted by Gasteiger charge is 2.21. The Bertz CT molecular complexity index is 444. The zero-order chi connectivity index (χ0) is 13.3. The molecule has 0 unspecified atom stereocenters. The summed E-state index contributed by atoms with van der Waals surface area (Å²) in [5, 5.41) is 0. The van der Waals surface area contributed by atoms with Gasteiger partial charge in [0.1, 0.15) is 5.82 Å². The number of benzene rings is 1. The van der Waals surface area contributed by atoms with E-state index in [1.165, 1.54) is 6.07 Å². The first kappa shape index (κ1) is 12.8. The molecular weight excluding hydrogens is 233 g/mol. The molecule has 1 fully saturated rings. The van der Waals surface area contributed by atoms with Gasteiger partial charge in [0.2, 0.25) is 0 Å². The molecule has 1 aliphatic rings. The van der Waals surface area contributed by atoms with Crippen LogP contribution in [-0.2, 0) is 0 Å². The second-order valence-corrected chi connectivity index (χ2v) is 4.77. The first-order valence-corrected chi connectivity index (χ1v) is 6.02. The second-order valence-electron chi connectivity index (χ2n) is 4.77. The maximum Gasteiger partial charge on any atom is 0.254 e. The summed E-state index contributed by atoms with van der Waals surface area (Å²) < 4.78 is 13.6. The average molecular weight is 251 g/mol. The highest BCUT2D eigenvalue weighted by atomic mass is 19.1. The van der Waals surface area contributed by atoms with E-state index in [-0.39, 0.29) is 5.91 Å². The molecule has 0 bridgehead atoms. The van der Waals surface area contributed by atoms with Gasteiger partial charge in [0.15, 0.2) is 0 Å². The number of nitrogens with two attached hydrogens (primary N) is 1. The number of anilines is 1. The molecule has 2 rings (SSSR count). The van der Waals surface area contributed by atoms with Crippen LogP contribution in [0.4, 0.5) is 10.1 Å². The minimum absolute atomic E-state index is 0.145. The van der Waals surface area contributed by atoms with Crippen LogP contribution in [-0.4, -0.2) is 48.9 Å². The summed E-state index contributed by atoms with van der Waals surface area (Å²) in [6.07, 6.45) is 0. The number of amides is 1. The molecule has 0 aliphatic carbocycles. The van der Waals surface area contributed by atoms with Crippen LogP contribution in [0.25, 0.3) is 0 Å². The van der Waals surface area contributed by atoms with Gasteiger partial charge in [0.25, 0.3) is 5.91 Å². The summed E-state index contributed by atoms with van der Waals surface area (Å²) in [7, 11) is 2.02. The van der Waals surface area contributed by atoms with Crippen LogP contribution in [0.15, 0.2) is 12.1 Å². The highest BCUT2D eigenvalue weighted by Crippen LogP contribution is 2.19. The normalized spacial score (nSPS) is 16.9. The van der Waals surface area contributed by atoms with Gasteiger partial charge in [-0.3, -0.25) is 4.79 Å². The summed E-state index contributed by atoms with van der Waals surface area (Å²) in [6, 6.07) is 2.82. The fourth-order valence-electron chi connectivity index (χ4n) is 2.02. The number of nitrogens with zero attached hydrogens (tertiary/aromatic N) is 2. The Kier molecular flexibility index (Phi) is 3.52. The molecule has 1 amide bonds. The molecule has 1 saturated heterocycles. The topological polar surface area (TPSA) is 49.6 Å². The van der Waals surface area contributed by atoms with E-state index in [1.807, 2.05) is 7.05 Å². The Balaban J connectivity index is 2.19. The van der Waals surface area contributed by atoms with Gasteiger partial charge in [0, 0.05) is 43.0 Å². The van der Waals surface area contributed by atoms with Crippen LogP contribution in [0.2, 0.25) is 0 Å². The number of piperazine rings is 1. The van der Waals surface area contributed by atoms with Crippen molar-refractivity contribution in [3.63, 3.8) is 0 Å². The maximum atomic E-state index is 13.6. The third-order valence-corrected chi connectivity index (χ3v) is 3.42. The van der Waals surface area contributed by atoms with Crippen molar-refractivity contribution in [3.05, 3.63) is 29.1 Å². The van der Waals surface area contributed by atoms with E-state index in [4.69, 9.17) is 5.73 Å². The lowest BCUT2D eigenvalue weighted by Gasteiger charge is -2.32. The minimum atomic E-state index is -0.424. The fraction of sp³-hybridized carbons (Fsp3) is 0.462. The van der Waals surface area contributed by atoms with E-state index in [0.717, 1.165) is 13.1 Å². The predicted molar refractivity (Wildman–Crippen MR) is 68.9 cm³/mol. The monoisotopic (exact) mass is 251 g/mol. The van der Waals surface area contributed by atoms with Crippen molar-refractivity contribution in [1.29, 1.82) is 0 Å². The molecule has 0 aromatic heterocycles. The first-order valence-electron chi connectivity index (χ1n) is 6.02. The fourth-order valence-corrected chi connectivity index (χ4v) is 2.02. The maximum absolute atomic E-state index is 13.6. The summed E-state index contributed by atoms with van der Waals surface area (Å²) >= 11 is 0. The number of carbonyl (C=O) groups is 1. The van der Waals surface area contributed by atoms with Gasteiger partial charge in [-0.05, 0) is 26.1 Å². The molecule has 5 heteroatoms. The number of likely N-dealkylation sites (N-methyl/N-ethyl adjacent to an activating group) is 1. The van der Waals surface area contributed by atoms with E-state index in [2.05, 4.69) is 4.90 Å². The van der Waals surface area contributed by atoms with Gasteiger partial charge in [-0.2, -0.15) is 0 Å². The van der Waals surface area contributed by atoms with Crippen LogP contribution in [0.3, 0.4) is 0 Å². The summed E-state index contributed by atoms with van der Waals surface area (Å²) in [6.45, 7) is 4.63. The zero-order valence-corrected chi connectivity index (χ0v) is 10.7. The molecule has 0 spiro atoms. The number of hydrogen-bond acceptors (Lipinski definition) is 3. The smallest absolute Gasteiger partial charge is 0.254 e. The number of nitrogen functional groups attached to an aromatic ring is 1. The van der Waals surface area contributed by atoms with Crippen molar-refractivity contribution in [2.24, 2.45) is 0 Å². The van der Waals surface area contributed by atoms with E-state index in [0.29, 0.717) is 29.9 Å². The molecule has 4 nitrogen and oxygen atoms in total. The predicted octanol–water partition coefficient (Wildman–Crippen LogP) is 1.10. The molecule has 1 aromatic rings. The lowest BCUT2D eigenvalue weighted by atomic mass is 10.1. The number of rotatable bonds is 1. The molecule has 98 valence electrons. The molecule has 0 radical (unpaired) electrons. The van der Waals surface area contributed by atoms with Crippen molar-refractivity contribution in [1.82, 2.24) is 9.80 Å². The van der Waals surface area contributed by atoms with Crippen molar-refractivity contribution in [2.75, 3.05) is 39.0 Å². The van der Waals surface area contributed by atoms with Gasteiger partial charge in [-0.25, -0.2) is 4.39 Å². The number of carbonyl (C=O) groups excluding carboxylic acids is 1. The minimum Gasteiger partial charge on any atom is -0.398 e. The Morgan fingerprint density at radius 1 is 1.28 bits per heavy atom. The number of halogens is 1. The molecule has 1 heterocycles. The van der Waals surface area contributed by atoms with Gasteiger partial charge in [-0.1, -0.05) is 0 Å². The van der Waals surface area contributed by atoms with Gasteiger partial charge in [0.05, 0.1) is 0 Å². The molecule has 0 saturated carbocycles. The van der Waals surface area contributed by atoms with Crippen LogP contribution in [0, 0.1) is 12.7 Å². The van der Waals surface area contributed by atoms with Crippen molar-refractivity contribution in [2.45, 2.75) is 6.92 Å². The lowest BCUT2D eigenvalue weighted by Crippen LogP contribution is -2.47. The third kappa shape index (κ3) is 2.46. The summed E-state index contributed by atoms with van der Waals surface area (Å²) in [5.74, 6) is -0.568. The Morgan fingerprint density at radius 2 is 1.89 bits per heavy atom. The molecule has 18 heavy (non-hydrogen) atoms. The van der Waals surface area contributed by atoms with Crippen LogP contribution >= 0.6 is 0 Å². The van der Waals surface area contributed by atoms with Gasteiger partial charge < -0.3 is 15.5 Å². The van der Waals surface area contributed by atoms with Crippen molar-refractivity contribution >= 4 is 11.6 Å². The largest absolute Gasteiger partial charge is 0.398 e. The van der Waals surface area contributed by atoms with Crippen LogP contribution < -0.4 is 5.73 Å². The average Bonchev–Trinajstić information content (AvgIpc) is 2.35. The highest BCUT2D eigenvalue weighted by molar-refractivity contribution is 5.95. The summed E-state index contributed by atoms with van der Waals surface area (Å²) in [4.78, 5) is 16.1. The van der Waals surface area contributed by atoms with Crippen molar-refractivity contribution < 1.29 is 9.18 Å². The molecular formula is C13H18FN3O. The standard InChI is InChI=1S/C13H18FN3O/c1-9-11(14)7-10(8-12(9)15)13(18)17-5-3-16(2)4-6-17/h7-8H,3-6,15H2,1-2H3. The SMILES string of the molecule is Cc1c(N)cc(C(=O)N2CCN(C)CC2)cc1F. The Morgan fingerprint density at radius 3 is 2.44 bits per heavy atom. The first-order chi connectivity index (χ1) is 8.49. The quantitative estimate of drug-likeness (QED) is 0.760. The Hall–Kier alpha value is -1.62. The Labute approximate surface area is 106 Å². The van der Waals surface area contributed by atoms with Crippen molar-refractivity contribution in [3.8, 4) is 0 Å². The van der Waals surface area contributed by atoms with Gasteiger partial charge >= 0.3 is 0 Å². The number of hydrogen-bond donors (Lipinski definition) is 1. The van der Waals surface area contributed by atoms with Crippen LogP contribution in [0.1, 0.15) is 15.9 Å². The molecule has 1 aliphatic heterocycles. The molecule has 1 aromatic carbocycles. The lowest BCUT2D eigenvalue weighted by molar-refractivity contribution is 0.0663. The van der Waals surface area contributed by atoms with E-state index in [1.54, 1.807) is 17.9 Å². The summed E-state index contributed by atoms with van der Waals surface area (Å²) in [5.41, 5.74) is 6.75.